The van der Waals surface area contributed by atoms with Crippen molar-refractivity contribution in [2.75, 3.05) is 0 Å². The van der Waals surface area contributed by atoms with Crippen LogP contribution in [0.3, 0.4) is 0 Å². The quantitative estimate of drug-likeness (QED) is 0.340. The highest BCUT2D eigenvalue weighted by Crippen LogP contribution is 2.34. The second kappa shape index (κ2) is 5.21. The highest BCUT2D eigenvalue weighted by atomic mass is 19.4. The molecule has 0 bridgehead atoms. The Morgan fingerprint density at radius 3 is 1.40 bits per heavy atom. The Bertz CT molecular complexity index is 544. The third kappa shape index (κ3) is 2.80. The van der Waals surface area contributed by atoms with Crippen LogP contribution in [0.4, 0.5) is 43.9 Å². The molecular formula is C9F10O. The fraction of sp³-hybridized carbons (Fsp3) is 0.111. The molecule has 20 heavy (non-hydrogen) atoms. The highest BCUT2D eigenvalue weighted by Gasteiger charge is 2.40. The van der Waals surface area contributed by atoms with Crippen molar-refractivity contribution >= 4 is 0 Å². The van der Waals surface area contributed by atoms with Crippen molar-refractivity contribution in [3.8, 4) is 5.75 Å². The maximum Gasteiger partial charge on any atom is 0.449 e. The van der Waals surface area contributed by atoms with Gasteiger partial charge in [0.15, 0.2) is 0 Å². The number of hydrogen-bond donors (Lipinski definition) is 0. The number of benzene rings is 1. The fourth-order valence-electron chi connectivity index (χ4n) is 0.920. The lowest BCUT2D eigenvalue weighted by atomic mass is 10.2. The van der Waals surface area contributed by atoms with Gasteiger partial charge < -0.3 is 4.74 Å². The number of alkyl halides is 3. The van der Waals surface area contributed by atoms with Gasteiger partial charge in [-0.15, -0.1) is 0 Å². The van der Waals surface area contributed by atoms with Crippen molar-refractivity contribution < 1.29 is 48.6 Å². The minimum atomic E-state index is -5.91. The molecule has 0 aliphatic heterocycles. The lowest BCUT2D eigenvalue weighted by Crippen LogP contribution is -2.13. The zero-order valence-electron chi connectivity index (χ0n) is 8.69. The van der Waals surface area contributed by atoms with Crippen molar-refractivity contribution in [1.82, 2.24) is 0 Å². The molecule has 112 valence electrons. The molecule has 0 aliphatic carbocycles. The molecule has 0 saturated carbocycles. The number of rotatable bonds is 2. The van der Waals surface area contributed by atoms with Gasteiger partial charge in [0, 0.05) is 0 Å². The molecule has 0 fully saturated rings. The van der Waals surface area contributed by atoms with Crippen molar-refractivity contribution in [2.24, 2.45) is 0 Å². The summed E-state index contributed by atoms with van der Waals surface area (Å²) in [7, 11) is 0. The lowest BCUT2D eigenvalue weighted by molar-refractivity contribution is -0.114. The summed E-state index contributed by atoms with van der Waals surface area (Å²) in [5.74, 6) is -19.3. The lowest BCUT2D eigenvalue weighted by Gasteiger charge is -2.09. The van der Waals surface area contributed by atoms with Gasteiger partial charge in [0.1, 0.15) is 0 Å². The van der Waals surface area contributed by atoms with Gasteiger partial charge in [0.05, 0.1) is 0 Å². The summed E-state index contributed by atoms with van der Waals surface area (Å²) in [5.41, 5.74) is 0. The first-order chi connectivity index (χ1) is 8.98. The van der Waals surface area contributed by atoms with Gasteiger partial charge in [-0.2, -0.15) is 30.7 Å². The molecule has 0 amide bonds. The number of allylic oxidation sites excluding steroid dienone is 1. The predicted molar refractivity (Wildman–Crippen MR) is 42.2 cm³/mol. The predicted octanol–water partition coefficient (Wildman–Crippen LogP) is 4.43. The Morgan fingerprint density at radius 1 is 0.700 bits per heavy atom. The molecular weight excluding hydrogens is 314 g/mol. The Balaban J connectivity index is 3.38. The highest BCUT2D eigenvalue weighted by molar-refractivity contribution is 5.31. The molecule has 0 saturated heterocycles. The largest absolute Gasteiger partial charge is 0.449 e. The molecule has 1 aromatic carbocycles. The van der Waals surface area contributed by atoms with Gasteiger partial charge >= 0.3 is 12.2 Å². The van der Waals surface area contributed by atoms with E-state index >= 15 is 0 Å². The van der Waals surface area contributed by atoms with Crippen LogP contribution in [0.2, 0.25) is 0 Å². The van der Waals surface area contributed by atoms with Gasteiger partial charge in [-0.3, -0.25) is 0 Å². The van der Waals surface area contributed by atoms with Crippen LogP contribution in [-0.2, 0) is 0 Å². The van der Waals surface area contributed by atoms with E-state index in [2.05, 4.69) is 4.74 Å². The van der Waals surface area contributed by atoms with E-state index in [-0.39, 0.29) is 0 Å². The van der Waals surface area contributed by atoms with E-state index in [1.807, 2.05) is 0 Å². The van der Waals surface area contributed by atoms with E-state index in [4.69, 9.17) is 0 Å². The second-order valence-electron chi connectivity index (χ2n) is 3.09. The number of ether oxygens (including phenoxy) is 1. The zero-order chi connectivity index (χ0) is 15.8. The third-order valence-electron chi connectivity index (χ3n) is 1.78. The second-order valence-corrected chi connectivity index (χ2v) is 3.09. The van der Waals surface area contributed by atoms with Crippen molar-refractivity contribution in [3.05, 3.63) is 40.9 Å². The topological polar surface area (TPSA) is 9.23 Å². The summed E-state index contributed by atoms with van der Waals surface area (Å²) in [6.07, 6.45) is -5.91. The van der Waals surface area contributed by atoms with Gasteiger partial charge in [0.25, 0.3) is 5.83 Å². The summed E-state index contributed by atoms with van der Waals surface area (Å²) in [4.78, 5) is 0. The van der Waals surface area contributed by atoms with Crippen molar-refractivity contribution in [1.29, 1.82) is 0 Å². The minimum Gasteiger partial charge on any atom is -0.423 e. The van der Waals surface area contributed by atoms with Crippen LogP contribution in [0.15, 0.2) is 11.8 Å². The van der Waals surface area contributed by atoms with Crippen LogP contribution in [0.5, 0.6) is 5.75 Å². The van der Waals surface area contributed by atoms with Crippen LogP contribution in [0.25, 0.3) is 0 Å². The number of halogens is 10. The first kappa shape index (κ1) is 16.1. The monoisotopic (exact) mass is 314 g/mol. The molecule has 1 rings (SSSR count). The van der Waals surface area contributed by atoms with Gasteiger partial charge in [-0.05, 0) is 0 Å². The molecule has 0 unspecified atom stereocenters. The standard InChI is InChI=1S/C9F10O/c10-1-2(11)4(13)6(5(14)3(1)12)20-8(16)7(15)9(17,18)19/b8-7-. The molecule has 0 spiro atoms. The van der Waals surface area contributed by atoms with Crippen LogP contribution < -0.4 is 4.74 Å². The molecule has 0 N–H and O–H groups in total. The van der Waals surface area contributed by atoms with E-state index in [9.17, 15) is 43.9 Å². The van der Waals surface area contributed by atoms with Crippen molar-refractivity contribution in [3.63, 3.8) is 0 Å². The average molecular weight is 314 g/mol. The van der Waals surface area contributed by atoms with E-state index in [0.717, 1.165) is 0 Å². The van der Waals surface area contributed by atoms with Crippen LogP contribution in [-0.4, -0.2) is 6.18 Å². The Kier molecular flexibility index (Phi) is 4.20. The van der Waals surface area contributed by atoms with E-state index in [1.165, 1.54) is 0 Å². The molecule has 0 aromatic heterocycles. The van der Waals surface area contributed by atoms with Crippen molar-refractivity contribution in [2.45, 2.75) is 6.18 Å². The summed E-state index contributed by atoms with van der Waals surface area (Å²) in [6, 6.07) is -3.21. The van der Waals surface area contributed by atoms with E-state index < -0.39 is 52.9 Å². The molecule has 1 aromatic rings. The maximum atomic E-state index is 12.9. The summed E-state index contributed by atoms with van der Waals surface area (Å²) in [6.45, 7) is 0. The van der Waals surface area contributed by atoms with Gasteiger partial charge in [-0.1, -0.05) is 0 Å². The summed E-state index contributed by atoms with van der Waals surface area (Å²) >= 11 is 0. The van der Waals surface area contributed by atoms with E-state index in [0.29, 0.717) is 0 Å². The molecule has 0 aliphatic rings. The first-order valence-corrected chi connectivity index (χ1v) is 4.30. The summed E-state index contributed by atoms with van der Waals surface area (Å²) in [5, 5.41) is 0. The molecule has 0 atom stereocenters. The fourth-order valence-corrected chi connectivity index (χ4v) is 0.920. The first-order valence-electron chi connectivity index (χ1n) is 4.30. The molecule has 11 heteroatoms. The zero-order valence-corrected chi connectivity index (χ0v) is 8.69. The summed E-state index contributed by atoms with van der Waals surface area (Å²) < 4.78 is 127. The van der Waals surface area contributed by atoms with Gasteiger partial charge in [-0.25, -0.2) is 13.2 Å². The molecule has 0 heterocycles. The minimum absolute atomic E-state index is 2.40. The Morgan fingerprint density at radius 2 is 1.05 bits per heavy atom. The normalized spacial score (nSPS) is 13.3. The van der Waals surface area contributed by atoms with Crippen LogP contribution in [0.1, 0.15) is 0 Å². The smallest absolute Gasteiger partial charge is 0.423 e. The van der Waals surface area contributed by atoms with E-state index in [1.54, 1.807) is 0 Å². The van der Waals surface area contributed by atoms with Gasteiger partial charge in [0.2, 0.25) is 34.8 Å². The molecule has 1 nitrogen and oxygen atoms in total. The third-order valence-corrected chi connectivity index (χ3v) is 1.78. The van der Waals surface area contributed by atoms with Crippen LogP contribution >= 0.6 is 0 Å². The number of hydrogen-bond acceptors (Lipinski definition) is 1. The molecule has 0 radical (unpaired) electrons. The van der Waals surface area contributed by atoms with Crippen LogP contribution in [0, 0.1) is 29.1 Å². The Hall–Kier alpha value is -1.94. The Labute approximate surface area is 103 Å². The average Bonchev–Trinajstić information content (AvgIpc) is 2.36. The maximum absolute atomic E-state index is 12.9. The SMILES string of the molecule is F/C(Oc1c(F)c(F)c(F)c(F)c1F)=C(/F)C(F)(F)F.